The Labute approximate surface area is 479 Å². The molecule has 0 aromatic carbocycles. The number of allylic oxidation sites excluding steroid dienone is 8. The summed E-state index contributed by atoms with van der Waals surface area (Å²) in [7, 11) is 0. The summed E-state index contributed by atoms with van der Waals surface area (Å²) in [5, 5.41) is 0. The Morgan fingerprint density at radius 3 is 0.792 bits per heavy atom. The molecule has 0 amide bonds. The van der Waals surface area contributed by atoms with E-state index in [0.717, 1.165) is 77.0 Å². The molecule has 1 atom stereocenters. The highest BCUT2D eigenvalue weighted by molar-refractivity contribution is 5.71. The Morgan fingerprint density at radius 2 is 0.506 bits per heavy atom. The molecule has 0 heterocycles. The van der Waals surface area contributed by atoms with E-state index in [1.807, 2.05) is 0 Å². The summed E-state index contributed by atoms with van der Waals surface area (Å²) >= 11 is 0. The second-order valence-corrected chi connectivity index (χ2v) is 23.1. The Bertz CT molecular complexity index is 1330. The van der Waals surface area contributed by atoms with E-state index in [1.165, 1.54) is 244 Å². The van der Waals surface area contributed by atoms with Gasteiger partial charge in [0.2, 0.25) is 0 Å². The van der Waals surface area contributed by atoms with E-state index in [4.69, 9.17) is 14.2 Å². The van der Waals surface area contributed by atoms with Crippen LogP contribution in [0.5, 0.6) is 0 Å². The van der Waals surface area contributed by atoms with E-state index in [0.29, 0.717) is 19.3 Å². The average molecular weight is 1080 g/mol. The molecule has 6 heteroatoms. The summed E-state index contributed by atoms with van der Waals surface area (Å²) in [4.78, 5) is 38.3. The Kier molecular flexibility index (Phi) is 63.6. The molecule has 0 aliphatic carbocycles. The van der Waals surface area contributed by atoms with Gasteiger partial charge in [0.05, 0.1) is 0 Å². The zero-order valence-electron chi connectivity index (χ0n) is 51.7. The third-order valence-electron chi connectivity index (χ3n) is 15.3. The SMILES string of the molecule is CC/C=C\C/C=C\C/C=C\C/C=C\CCCCC(=O)OC(COC(=O)CCCCCCCCCCCCCCC)COC(=O)CCCCCCCCCCCCCCCCCCCCCCCCCCCCCCCCC. The Balaban J connectivity index is 4.13. The van der Waals surface area contributed by atoms with Crippen LogP contribution in [0.15, 0.2) is 48.6 Å². The smallest absolute Gasteiger partial charge is 0.306 e. The normalized spacial score (nSPS) is 12.3. The van der Waals surface area contributed by atoms with Crippen molar-refractivity contribution in [3.05, 3.63) is 48.6 Å². The molecule has 77 heavy (non-hydrogen) atoms. The number of esters is 3. The zero-order chi connectivity index (χ0) is 55.7. The first-order chi connectivity index (χ1) is 38.0. The quantitative estimate of drug-likeness (QED) is 0.0261. The van der Waals surface area contributed by atoms with Crippen LogP contribution in [0.4, 0.5) is 0 Å². The van der Waals surface area contributed by atoms with Crippen molar-refractivity contribution in [1.29, 1.82) is 0 Å². The van der Waals surface area contributed by atoms with E-state index in [-0.39, 0.29) is 37.5 Å². The first kappa shape index (κ1) is 74.4. The Hall–Kier alpha value is -2.63. The predicted molar refractivity (Wildman–Crippen MR) is 335 cm³/mol. The second-order valence-electron chi connectivity index (χ2n) is 23.1. The van der Waals surface area contributed by atoms with Gasteiger partial charge in [-0.15, -0.1) is 0 Å². The largest absolute Gasteiger partial charge is 0.462 e. The van der Waals surface area contributed by atoms with Gasteiger partial charge in [-0.1, -0.05) is 339 Å². The molecular formula is C71H130O6. The van der Waals surface area contributed by atoms with Crippen molar-refractivity contribution < 1.29 is 28.6 Å². The monoisotopic (exact) mass is 1080 g/mol. The van der Waals surface area contributed by atoms with Crippen LogP contribution in [-0.4, -0.2) is 37.2 Å². The molecule has 0 rings (SSSR count). The van der Waals surface area contributed by atoms with E-state index in [9.17, 15) is 14.4 Å². The van der Waals surface area contributed by atoms with Crippen molar-refractivity contribution in [3.63, 3.8) is 0 Å². The summed E-state index contributed by atoms with van der Waals surface area (Å²) in [6.07, 6.45) is 83.0. The summed E-state index contributed by atoms with van der Waals surface area (Å²) in [6.45, 7) is 6.55. The van der Waals surface area contributed by atoms with Crippen LogP contribution in [0.1, 0.15) is 367 Å². The standard InChI is InChI=1S/C71H130O6/c1-4-7-10-13-16-19-22-25-27-28-29-30-31-32-33-34-35-36-37-38-39-40-41-42-44-46-49-52-55-58-61-64-70(73)76-67-68(66-75-69(72)63-60-57-54-51-48-45-24-21-18-15-12-9-6-3)77-71(74)65-62-59-56-53-50-47-43-26-23-20-17-14-11-8-5-2/h8,11,17,20,26,43,50,53,68H,4-7,9-10,12-16,18-19,21-25,27-42,44-49,51-52,54-67H2,1-3H3/b11-8-,20-17-,43-26-,53-50-. The molecule has 6 nitrogen and oxygen atoms in total. The molecule has 0 saturated carbocycles. The lowest BCUT2D eigenvalue weighted by atomic mass is 10.0. The van der Waals surface area contributed by atoms with Crippen molar-refractivity contribution in [3.8, 4) is 0 Å². The molecule has 0 saturated heterocycles. The van der Waals surface area contributed by atoms with Gasteiger partial charge in [-0.2, -0.15) is 0 Å². The fourth-order valence-electron chi connectivity index (χ4n) is 10.3. The van der Waals surface area contributed by atoms with Crippen LogP contribution in [-0.2, 0) is 28.6 Å². The molecule has 0 fully saturated rings. The van der Waals surface area contributed by atoms with Crippen LogP contribution in [0, 0.1) is 0 Å². The first-order valence-electron chi connectivity index (χ1n) is 34.1. The van der Waals surface area contributed by atoms with Gasteiger partial charge < -0.3 is 14.2 Å². The van der Waals surface area contributed by atoms with Crippen molar-refractivity contribution in [2.75, 3.05) is 13.2 Å². The van der Waals surface area contributed by atoms with Crippen LogP contribution < -0.4 is 0 Å². The summed E-state index contributed by atoms with van der Waals surface area (Å²) in [6, 6.07) is 0. The zero-order valence-corrected chi connectivity index (χ0v) is 51.7. The number of carbonyl (C=O) groups is 3. The van der Waals surface area contributed by atoms with Gasteiger partial charge in [0.1, 0.15) is 13.2 Å². The molecular weight excluding hydrogens is 949 g/mol. The van der Waals surface area contributed by atoms with Gasteiger partial charge in [0.25, 0.3) is 0 Å². The topological polar surface area (TPSA) is 78.9 Å². The number of ether oxygens (including phenoxy) is 3. The third-order valence-corrected chi connectivity index (χ3v) is 15.3. The summed E-state index contributed by atoms with van der Waals surface area (Å²) < 4.78 is 16.9. The van der Waals surface area contributed by atoms with E-state index in [2.05, 4.69) is 69.4 Å². The van der Waals surface area contributed by atoms with Crippen LogP contribution >= 0.6 is 0 Å². The lowest BCUT2D eigenvalue weighted by molar-refractivity contribution is -0.167. The minimum Gasteiger partial charge on any atom is -0.462 e. The van der Waals surface area contributed by atoms with Gasteiger partial charge in [-0.05, 0) is 57.8 Å². The average Bonchev–Trinajstić information content (AvgIpc) is 3.43. The van der Waals surface area contributed by atoms with Crippen LogP contribution in [0.3, 0.4) is 0 Å². The lowest BCUT2D eigenvalue weighted by Crippen LogP contribution is -2.30. The lowest BCUT2D eigenvalue weighted by Gasteiger charge is -2.18. The molecule has 0 radical (unpaired) electrons. The minimum absolute atomic E-state index is 0.0852. The van der Waals surface area contributed by atoms with Gasteiger partial charge in [-0.25, -0.2) is 0 Å². The van der Waals surface area contributed by atoms with E-state index < -0.39 is 6.10 Å². The second kappa shape index (κ2) is 65.9. The highest BCUT2D eigenvalue weighted by Crippen LogP contribution is 2.18. The van der Waals surface area contributed by atoms with E-state index >= 15 is 0 Å². The molecule has 0 bridgehead atoms. The maximum Gasteiger partial charge on any atom is 0.306 e. The molecule has 0 aliphatic rings. The summed E-state index contributed by atoms with van der Waals surface area (Å²) in [5.41, 5.74) is 0. The fourth-order valence-corrected chi connectivity index (χ4v) is 10.3. The molecule has 0 N–H and O–H groups in total. The van der Waals surface area contributed by atoms with Gasteiger partial charge in [0, 0.05) is 19.3 Å². The Morgan fingerprint density at radius 1 is 0.273 bits per heavy atom. The fraction of sp³-hybridized carbons (Fsp3) is 0.845. The minimum atomic E-state index is -0.792. The molecule has 0 aromatic rings. The number of hydrogen-bond donors (Lipinski definition) is 0. The first-order valence-corrected chi connectivity index (χ1v) is 34.1. The maximum absolute atomic E-state index is 12.9. The van der Waals surface area contributed by atoms with Gasteiger partial charge >= 0.3 is 17.9 Å². The molecule has 0 spiro atoms. The molecule has 1 unspecified atom stereocenters. The van der Waals surface area contributed by atoms with Crippen LogP contribution in [0.25, 0.3) is 0 Å². The number of hydrogen-bond acceptors (Lipinski definition) is 6. The highest BCUT2D eigenvalue weighted by atomic mass is 16.6. The predicted octanol–water partition coefficient (Wildman–Crippen LogP) is 23.3. The number of unbranched alkanes of at least 4 members (excludes halogenated alkanes) is 44. The number of rotatable bonds is 63. The van der Waals surface area contributed by atoms with Gasteiger partial charge in [-0.3, -0.25) is 14.4 Å². The molecule has 0 aliphatic heterocycles. The molecule has 0 aromatic heterocycles. The van der Waals surface area contributed by atoms with Crippen LogP contribution in [0.2, 0.25) is 0 Å². The van der Waals surface area contributed by atoms with E-state index in [1.54, 1.807) is 0 Å². The maximum atomic E-state index is 12.9. The molecule has 450 valence electrons. The van der Waals surface area contributed by atoms with Gasteiger partial charge in [0.15, 0.2) is 6.10 Å². The van der Waals surface area contributed by atoms with Crippen molar-refractivity contribution in [1.82, 2.24) is 0 Å². The highest BCUT2D eigenvalue weighted by Gasteiger charge is 2.19. The van der Waals surface area contributed by atoms with Crippen molar-refractivity contribution >= 4 is 17.9 Å². The third kappa shape index (κ3) is 64.1. The summed E-state index contributed by atoms with van der Waals surface area (Å²) in [5.74, 6) is -0.905. The van der Waals surface area contributed by atoms with Crippen molar-refractivity contribution in [2.24, 2.45) is 0 Å². The van der Waals surface area contributed by atoms with Crippen molar-refractivity contribution in [2.45, 2.75) is 374 Å². The number of carbonyl (C=O) groups excluding carboxylic acids is 3.